The second kappa shape index (κ2) is 4.91. The third kappa shape index (κ3) is 2.68. The maximum absolute atomic E-state index is 13.3. The Balaban J connectivity index is 2.03. The fraction of sp³-hybridized carbons (Fsp3) is 0.182. The zero-order chi connectivity index (χ0) is 13.1. The van der Waals surface area contributed by atoms with E-state index < -0.39 is 17.5 Å². The van der Waals surface area contributed by atoms with Crippen LogP contribution in [0.1, 0.15) is 16.1 Å². The van der Waals surface area contributed by atoms with Gasteiger partial charge < -0.3 is 5.32 Å². The molecule has 0 saturated heterocycles. The van der Waals surface area contributed by atoms with Crippen molar-refractivity contribution in [2.45, 2.75) is 6.54 Å². The van der Waals surface area contributed by atoms with Gasteiger partial charge in [-0.2, -0.15) is 0 Å². The van der Waals surface area contributed by atoms with Crippen LogP contribution in [-0.4, -0.2) is 20.9 Å². The van der Waals surface area contributed by atoms with Crippen LogP contribution in [0.15, 0.2) is 24.4 Å². The molecule has 0 aliphatic rings. The molecular weight excluding hydrogens is 242 g/mol. The van der Waals surface area contributed by atoms with E-state index in [9.17, 15) is 13.6 Å². The summed E-state index contributed by atoms with van der Waals surface area (Å²) < 4.78 is 27.5. The number of rotatable bonds is 3. The van der Waals surface area contributed by atoms with Crippen molar-refractivity contribution in [2.75, 3.05) is 0 Å². The molecule has 1 amide bonds. The van der Waals surface area contributed by atoms with E-state index in [0.29, 0.717) is 0 Å². The molecule has 0 fully saturated rings. The standard InChI is InChI=1S/C11H10F2N4O/c1-17-6-10(15-16-17)11(18)14-5-7-4-8(12)2-3-9(7)13/h2-4,6H,5H2,1H3,(H,14,18). The molecule has 18 heavy (non-hydrogen) atoms. The number of amides is 1. The van der Waals surface area contributed by atoms with Gasteiger partial charge in [-0.1, -0.05) is 5.21 Å². The van der Waals surface area contributed by atoms with Crippen LogP contribution in [0, 0.1) is 11.6 Å². The fourth-order valence-corrected chi connectivity index (χ4v) is 1.40. The quantitative estimate of drug-likeness (QED) is 0.887. The van der Waals surface area contributed by atoms with E-state index in [2.05, 4.69) is 15.6 Å². The lowest BCUT2D eigenvalue weighted by Crippen LogP contribution is -2.23. The maximum Gasteiger partial charge on any atom is 0.273 e. The van der Waals surface area contributed by atoms with Gasteiger partial charge in [0.1, 0.15) is 11.6 Å². The highest BCUT2D eigenvalue weighted by atomic mass is 19.1. The molecule has 0 atom stereocenters. The Bertz CT molecular complexity index is 582. The highest BCUT2D eigenvalue weighted by molar-refractivity contribution is 5.91. The van der Waals surface area contributed by atoms with Gasteiger partial charge in [0.05, 0.1) is 6.20 Å². The summed E-state index contributed by atoms with van der Waals surface area (Å²) in [5.41, 5.74) is 0.196. The van der Waals surface area contributed by atoms with Crippen molar-refractivity contribution in [1.29, 1.82) is 0 Å². The van der Waals surface area contributed by atoms with Gasteiger partial charge in [-0.3, -0.25) is 9.48 Å². The topological polar surface area (TPSA) is 59.8 Å². The van der Waals surface area contributed by atoms with E-state index in [1.165, 1.54) is 10.9 Å². The molecule has 7 heteroatoms. The second-order valence-electron chi connectivity index (χ2n) is 3.70. The first kappa shape index (κ1) is 12.2. The van der Waals surface area contributed by atoms with Crippen LogP contribution in [0.25, 0.3) is 0 Å². The second-order valence-corrected chi connectivity index (χ2v) is 3.70. The number of carbonyl (C=O) groups is 1. The van der Waals surface area contributed by atoms with E-state index in [0.717, 1.165) is 18.2 Å². The van der Waals surface area contributed by atoms with E-state index in [4.69, 9.17) is 0 Å². The van der Waals surface area contributed by atoms with Gasteiger partial charge in [-0.05, 0) is 18.2 Å². The lowest BCUT2D eigenvalue weighted by atomic mass is 10.2. The van der Waals surface area contributed by atoms with Gasteiger partial charge in [0.15, 0.2) is 5.69 Å². The highest BCUT2D eigenvalue weighted by Crippen LogP contribution is 2.09. The summed E-state index contributed by atoms with van der Waals surface area (Å²) >= 11 is 0. The van der Waals surface area contributed by atoms with Crippen molar-refractivity contribution < 1.29 is 13.6 Å². The molecule has 1 aromatic heterocycles. The predicted octanol–water partition coefficient (Wildman–Crippen LogP) is 1.02. The third-order valence-electron chi connectivity index (χ3n) is 2.28. The Kier molecular flexibility index (Phi) is 3.31. The van der Waals surface area contributed by atoms with Gasteiger partial charge in [-0.15, -0.1) is 5.10 Å². The number of nitrogens with zero attached hydrogens (tertiary/aromatic N) is 3. The van der Waals surface area contributed by atoms with Gasteiger partial charge in [0.2, 0.25) is 0 Å². The number of benzene rings is 1. The Morgan fingerprint density at radius 3 is 2.89 bits per heavy atom. The fourth-order valence-electron chi connectivity index (χ4n) is 1.40. The van der Waals surface area contributed by atoms with Crippen LogP contribution in [-0.2, 0) is 13.6 Å². The van der Waals surface area contributed by atoms with E-state index in [1.807, 2.05) is 0 Å². The first-order chi connectivity index (χ1) is 8.56. The number of hydrogen-bond acceptors (Lipinski definition) is 3. The summed E-state index contributed by atoms with van der Waals surface area (Å²) in [7, 11) is 1.62. The largest absolute Gasteiger partial charge is 0.346 e. The molecule has 0 aliphatic carbocycles. The normalized spacial score (nSPS) is 10.4. The van der Waals surface area contributed by atoms with Crippen LogP contribution in [0.3, 0.4) is 0 Å². The molecule has 1 heterocycles. The summed E-state index contributed by atoms with van der Waals surface area (Å²) in [6.45, 7) is -0.112. The van der Waals surface area contributed by atoms with E-state index in [-0.39, 0.29) is 17.8 Å². The van der Waals surface area contributed by atoms with Crippen LogP contribution >= 0.6 is 0 Å². The van der Waals surface area contributed by atoms with Crippen LogP contribution in [0.5, 0.6) is 0 Å². The third-order valence-corrected chi connectivity index (χ3v) is 2.28. The van der Waals surface area contributed by atoms with Gasteiger partial charge in [0.25, 0.3) is 5.91 Å². The van der Waals surface area contributed by atoms with Crippen molar-refractivity contribution in [2.24, 2.45) is 7.05 Å². The summed E-state index contributed by atoms with van der Waals surface area (Å²) in [6.07, 6.45) is 1.43. The van der Waals surface area contributed by atoms with Crippen LogP contribution < -0.4 is 5.32 Å². The molecule has 2 aromatic rings. The lowest BCUT2D eigenvalue weighted by molar-refractivity contribution is 0.0945. The first-order valence-corrected chi connectivity index (χ1v) is 5.14. The number of nitrogens with one attached hydrogen (secondary N) is 1. The Morgan fingerprint density at radius 1 is 1.44 bits per heavy atom. The number of halogens is 2. The van der Waals surface area contributed by atoms with Crippen molar-refractivity contribution in [1.82, 2.24) is 20.3 Å². The van der Waals surface area contributed by atoms with Gasteiger partial charge >= 0.3 is 0 Å². The zero-order valence-corrected chi connectivity index (χ0v) is 9.52. The minimum atomic E-state index is -0.573. The monoisotopic (exact) mass is 252 g/mol. The minimum absolute atomic E-state index is 0.0761. The molecule has 0 spiro atoms. The number of hydrogen-bond donors (Lipinski definition) is 1. The predicted molar refractivity (Wildman–Crippen MR) is 58.5 cm³/mol. The number of aryl methyl sites for hydroxylation is 1. The van der Waals surface area contributed by atoms with Gasteiger partial charge in [0, 0.05) is 19.2 Å². The minimum Gasteiger partial charge on any atom is -0.346 e. The molecule has 2 rings (SSSR count). The molecule has 0 bridgehead atoms. The Morgan fingerprint density at radius 2 is 2.22 bits per heavy atom. The molecule has 94 valence electrons. The molecule has 0 unspecified atom stereocenters. The summed E-state index contributed by atoms with van der Waals surface area (Å²) in [5, 5.41) is 9.63. The molecule has 1 N–H and O–H groups in total. The van der Waals surface area contributed by atoms with Crippen LogP contribution in [0.2, 0.25) is 0 Å². The number of aromatic nitrogens is 3. The van der Waals surface area contributed by atoms with E-state index >= 15 is 0 Å². The van der Waals surface area contributed by atoms with Crippen molar-refractivity contribution in [3.8, 4) is 0 Å². The molecule has 5 nitrogen and oxygen atoms in total. The smallest absolute Gasteiger partial charge is 0.273 e. The molecular formula is C11H10F2N4O. The molecule has 0 radical (unpaired) electrons. The van der Waals surface area contributed by atoms with E-state index in [1.54, 1.807) is 7.05 Å². The maximum atomic E-state index is 13.3. The molecule has 0 saturated carbocycles. The Hall–Kier alpha value is -2.31. The molecule has 0 aliphatic heterocycles. The lowest BCUT2D eigenvalue weighted by Gasteiger charge is -2.04. The average molecular weight is 252 g/mol. The summed E-state index contributed by atoms with van der Waals surface area (Å²) in [5.74, 6) is -1.62. The summed E-state index contributed by atoms with van der Waals surface area (Å²) in [4.78, 5) is 11.6. The van der Waals surface area contributed by atoms with Crippen molar-refractivity contribution >= 4 is 5.91 Å². The number of carbonyl (C=O) groups excluding carboxylic acids is 1. The SMILES string of the molecule is Cn1cc(C(=O)NCc2cc(F)ccc2F)nn1. The van der Waals surface area contributed by atoms with Gasteiger partial charge in [-0.25, -0.2) is 8.78 Å². The average Bonchev–Trinajstić information content (AvgIpc) is 2.77. The summed E-state index contributed by atoms with van der Waals surface area (Å²) in [6, 6.07) is 3.06. The molecule has 1 aromatic carbocycles. The first-order valence-electron chi connectivity index (χ1n) is 5.14. The highest BCUT2D eigenvalue weighted by Gasteiger charge is 2.11. The Labute approximate surface area is 101 Å². The van der Waals surface area contributed by atoms with Crippen molar-refractivity contribution in [3.05, 3.63) is 47.3 Å². The van der Waals surface area contributed by atoms with Crippen molar-refractivity contribution in [3.63, 3.8) is 0 Å². The van der Waals surface area contributed by atoms with Crippen LogP contribution in [0.4, 0.5) is 8.78 Å². The zero-order valence-electron chi connectivity index (χ0n) is 9.52.